The molecule has 22 heavy (non-hydrogen) atoms. The molecule has 4 nitrogen and oxygen atoms in total. The van der Waals surface area contributed by atoms with E-state index in [2.05, 4.69) is 6.92 Å². The predicted octanol–water partition coefficient (Wildman–Crippen LogP) is 3.54. The summed E-state index contributed by atoms with van der Waals surface area (Å²) in [4.78, 5) is 23.2. The minimum Gasteiger partial charge on any atom is -0.478 e. The lowest BCUT2D eigenvalue weighted by Gasteiger charge is -2.14. The van der Waals surface area contributed by atoms with Gasteiger partial charge < -0.3 is 5.11 Å². The second kappa shape index (κ2) is 6.89. The van der Waals surface area contributed by atoms with Gasteiger partial charge in [-0.3, -0.25) is 9.36 Å². The molecule has 4 heteroatoms. The van der Waals surface area contributed by atoms with Crippen molar-refractivity contribution in [1.82, 2.24) is 4.57 Å². The standard InChI is InChI=1S/C18H19NO3/c1-3-4-7-16(19-11-6-5-8-17(19)20)15-10-9-14(18(21)22)12-13(15)2/h5-12H,3-4H2,1-2H3,(H,21,22)/b16-7+. The largest absolute Gasteiger partial charge is 0.478 e. The number of carboxylic acid groups (broad SMARTS) is 1. The van der Waals surface area contributed by atoms with Crippen LogP contribution in [0.15, 0.2) is 53.5 Å². The fourth-order valence-electron chi connectivity index (χ4n) is 2.33. The van der Waals surface area contributed by atoms with Crippen LogP contribution in [0.1, 0.15) is 41.3 Å². The zero-order chi connectivity index (χ0) is 16.1. The van der Waals surface area contributed by atoms with Gasteiger partial charge in [-0.05, 0) is 37.1 Å². The van der Waals surface area contributed by atoms with Gasteiger partial charge in [0.1, 0.15) is 0 Å². The Hall–Kier alpha value is -2.62. The number of allylic oxidation sites excluding steroid dienone is 1. The quantitative estimate of drug-likeness (QED) is 0.918. The van der Waals surface area contributed by atoms with Crippen molar-refractivity contribution in [2.45, 2.75) is 26.7 Å². The molecule has 1 N–H and O–H groups in total. The van der Waals surface area contributed by atoms with Crippen molar-refractivity contribution in [3.8, 4) is 0 Å². The molecule has 2 aromatic rings. The van der Waals surface area contributed by atoms with Crippen LogP contribution < -0.4 is 5.56 Å². The van der Waals surface area contributed by atoms with Gasteiger partial charge in [0.2, 0.25) is 0 Å². The average molecular weight is 297 g/mol. The molecule has 0 unspecified atom stereocenters. The first-order valence-electron chi connectivity index (χ1n) is 7.27. The summed E-state index contributed by atoms with van der Waals surface area (Å²) in [6.07, 6.45) is 5.56. The summed E-state index contributed by atoms with van der Waals surface area (Å²) in [5.74, 6) is -0.953. The van der Waals surface area contributed by atoms with Crippen LogP contribution in [-0.4, -0.2) is 15.6 Å². The van der Waals surface area contributed by atoms with Gasteiger partial charge in [0.25, 0.3) is 5.56 Å². The second-order valence-electron chi connectivity index (χ2n) is 5.12. The van der Waals surface area contributed by atoms with Gasteiger partial charge in [-0.1, -0.05) is 31.6 Å². The molecule has 114 valence electrons. The number of unbranched alkanes of at least 4 members (excludes halogenated alkanes) is 1. The Labute approximate surface area is 129 Å². The van der Waals surface area contributed by atoms with E-state index in [-0.39, 0.29) is 11.1 Å². The van der Waals surface area contributed by atoms with E-state index in [1.807, 2.05) is 19.1 Å². The highest BCUT2D eigenvalue weighted by Crippen LogP contribution is 2.22. The third kappa shape index (κ3) is 3.34. The third-order valence-corrected chi connectivity index (χ3v) is 3.46. The molecule has 0 saturated carbocycles. The Morgan fingerprint density at radius 3 is 2.64 bits per heavy atom. The lowest BCUT2D eigenvalue weighted by Crippen LogP contribution is -2.18. The van der Waals surface area contributed by atoms with E-state index in [9.17, 15) is 9.59 Å². The summed E-state index contributed by atoms with van der Waals surface area (Å²) in [6, 6.07) is 9.99. The van der Waals surface area contributed by atoms with Gasteiger partial charge in [-0.2, -0.15) is 0 Å². The number of aryl methyl sites for hydroxylation is 1. The van der Waals surface area contributed by atoms with Crippen LogP contribution in [-0.2, 0) is 0 Å². The Morgan fingerprint density at radius 2 is 2.05 bits per heavy atom. The number of pyridine rings is 1. The second-order valence-corrected chi connectivity index (χ2v) is 5.12. The van der Waals surface area contributed by atoms with Crippen molar-refractivity contribution in [3.63, 3.8) is 0 Å². The molecule has 1 aromatic heterocycles. The number of carbonyl (C=O) groups is 1. The van der Waals surface area contributed by atoms with Gasteiger partial charge in [0.15, 0.2) is 0 Å². The van der Waals surface area contributed by atoms with E-state index in [1.54, 1.807) is 35.0 Å². The number of rotatable bonds is 5. The Balaban J connectivity index is 2.59. The van der Waals surface area contributed by atoms with Gasteiger partial charge in [-0.15, -0.1) is 0 Å². The maximum Gasteiger partial charge on any atom is 0.335 e. The number of nitrogens with zero attached hydrogens (tertiary/aromatic N) is 1. The molecule has 0 aliphatic heterocycles. The van der Waals surface area contributed by atoms with E-state index < -0.39 is 5.97 Å². The molecule has 0 amide bonds. The van der Waals surface area contributed by atoms with Gasteiger partial charge in [0, 0.05) is 17.8 Å². The fraction of sp³-hybridized carbons (Fsp3) is 0.222. The first-order valence-corrected chi connectivity index (χ1v) is 7.27. The normalized spacial score (nSPS) is 11.5. The SMILES string of the molecule is CCC/C=C(\c1ccc(C(=O)O)cc1C)n1ccccc1=O. The average Bonchev–Trinajstić information content (AvgIpc) is 2.50. The Morgan fingerprint density at radius 1 is 1.27 bits per heavy atom. The highest BCUT2D eigenvalue weighted by molar-refractivity contribution is 5.88. The van der Waals surface area contributed by atoms with Crippen LogP contribution in [0.5, 0.6) is 0 Å². The maximum absolute atomic E-state index is 12.1. The van der Waals surface area contributed by atoms with E-state index in [0.29, 0.717) is 0 Å². The number of hydrogen-bond donors (Lipinski definition) is 1. The van der Waals surface area contributed by atoms with Crippen LogP contribution in [0.2, 0.25) is 0 Å². The molecule has 0 atom stereocenters. The summed E-state index contributed by atoms with van der Waals surface area (Å²) >= 11 is 0. The molecule has 0 radical (unpaired) electrons. The minimum absolute atomic E-state index is 0.105. The van der Waals surface area contributed by atoms with E-state index in [1.165, 1.54) is 6.07 Å². The summed E-state index contributed by atoms with van der Waals surface area (Å²) in [5, 5.41) is 9.07. The van der Waals surface area contributed by atoms with Crippen molar-refractivity contribution in [2.75, 3.05) is 0 Å². The summed E-state index contributed by atoms with van der Waals surface area (Å²) in [7, 11) is 0. The van der Waals surface area contributed by atoms with Crippen LogP contribution in [0, 0.1) is 6.92 Å². The van der Waals surface area contributed by atoms with Crippen molar-refractivity contribution in [3.05, 3.63) is 75.7 Å². The van der Waals surface area contributed by atoms with Crippen LogP contribution in [0.25, 0.3) is 5.70 Å². The first kappa shape index (κ1) is 15.8. The summed E-state index contributed by atoms with van der Waals surface area (Å²) in [5.41, 5.74) is 2.63. The highest BCUT2D eigenvalue weighted by Gasteiger charge is 2.11. The third-order valence-electron chi connectivity index (χ3n) is 3.46. The van der Waals surface area contributed by atoms with Crippen molar-refractivity contribution in [2.24, 2.45) is 0 Å². The molecule has 1 heterocycles. The molecule has 2 rings (SSSR count). The number of aromatic carboxylic acids is 1. The lowest BCUT2D eigenvalue weighted by atomic mass is 10.0. The summed E-state index contributed by atoms with van der Waals surface area (Å²) < 4.78 is 1.60. The van der Waals surface area contributed by atoms with Gasteiger partial charge in [-0.25, -0.2) is 4.79 Å². The highest BCUT2D eigenvalue weighted by atomic mass is 16.4. The molecule has 0 saturated heterocycles. The number of benzene rings is 1. The van der Waals surface area contributed by atoms with Crippen LogP contribution in [0.4, 0.5) is 0 Å². The van der Waals surface area contributed by atoms with Crippen LogP contribution >= 0.6 is 0 Å². The topological polar surface area (TPSA) is 59.3 Å². The monoisotopic (exact) mass is 297 g/mol. The van der Waals surface area contributed by atoms with Gasteiger partial charge >= 0.3 is 5.97 Å². The molecular weight excluding hydrogens is 278 g/mol. The van der Waals surface area contributed by atoms with Crippen molar-refractivity contribution < 1.29 is 9.90 Å². The zero-order valence-corrected chi connectivity index (χ0v) is 12.7. The number of aromatic nitrogens is 1. The lowest BCUT2D eigenvalue weighted by molar-refractivity contribution is 0.0697. The van der Waals surface area contributed by atoms with E-state index in [0.717, 1.165) is 29.7 Å². The Kier molecular flexibility index (Phi) is 4.94. The molecule has 0 bridgehead atoms. The number of carboxylic acids is 1. The summed E-state index contributed by atoms with van der Waals surface area (Å²) in [6.45, 7) is 3.93. The number of hydrogen-bond acceptors (Lipinski definition) is 2. The van der Waals surface area contributed by atoms with Crippen molar-refractivity contribution >= 4 is 11.7 Å². The zero-order valence-electron chi connectivity index (χ0n) is 12.7. The Bertz CT molecular complexity index is 772. The smallest absolute Gasteiger partial charge is 0.335 e. The molecular formula is C18H19NO3. The molecule has 0 aliphatic rings. The predicted molar refractivity (Wildman–Crippen MR) is 87.1 cm³/mol. The van der Waals surface area contributed by atoms with Gasteiger partial charge in [0.05, 0.1) is 11.3 Å². The molecule has 0 aliphatic carbocycles. The molecule has 0 spiro atoms. The van der Waals surface area contributed by atoms with E-state index in [4.69, 9.17) is 5.11 Å². The first-order chi connectivity index (χ1) is 10.5. The minimum atomic E-state index is -0.953. The molecule has 1 aromatic carbocycles. The fourth-order valence-corrected chi connectivity index (χ4v) is 2.33. The molecule has 0 fully saturated rings. The van der Waals surface area contributed by atoms with E-state index >= 15 is 0 Å². The van der Waals surface area contributed by atoms with Crippen LogP contribution in [0.3, 0.4) is 0 Å². The maximum atomic E-state index is 12.1. The van der Waals surface area contributed by atoms with Crippen molar-refractivity contribution in [1.29, 1.82) is 0 Å².